The maximum Gasteiger partial charge on any atom is 0.248 e. The molecule has 1 aliphatic carbocycles. The molecule has 1 unspecified atom stereocenters. The summed E-state index contributed by atoms with van der Waals surface area (Å²) in [4.78, 5) is 14.2. The van der Waals surface area contributed by atoms with Crippen LogP contribution in [0.4, 0.5) is 0 Å². The SMILES string of the molecule is C#CCCCCNC1CCCc2[nH]c(=O)ccc21. The molecule has 2 rings (SSSR count). The minimum atomic E-state index is 0.00317. The zero-order valence-electron chi connectivity index (χ0n) is 10.7. The quantitative estimate of drug-likeness (QED) is 0.615. The van der Waals surface area contributed by atoms with Crippen LogP contribution in [0.3, 0.4) is 0 Å². The molecular weight excluding hydrogens is 224 g/mol. The molecule has 1 heterocycles. The van der Waals surface area contributed by atoms with E-state index in [9.17, 15) is 4.79 Å². The molecule has 0 bridgehead atoms. The van der Waals surface area contributed by atoms with Gasteiger partial charge in [0.2, 0.25) is 5.56 Å². The van der Waals surface area contributed by atoms with Gasteiger partial charge < -0.3 is 10.3 Å². The van der Waals surface area contributed by atoms with Crippen LogP contribution in [0.15, 0.2) is 16.9 Å². The molecule has 0 spiro atoms. The summed E-state index contributed by atoms with van der Waals surface area (Å²) < 4.78 is 0. The molecule has 0 fully saturated rings. The molecule has 0 aliphatic heterocycles. The molecule has 0 amide bonds. The number of hydrogen-bond acceptors (Lipinski definition) is 2. The summed E-state index contributed by atoms with van der Waals surface area (Å²) in [6, 6.07) is 3.97. The van der Waals surface area contributed by atoms with Crippen molar-refractivity contribution in [2.75, 3.05) is 6.54 Å². The molecule has 0 saturated carbocycles. The van der Waals surface area contributed by atoms with Crippen molar-refractivity contribution in [3.8, 4) is 12.3 Å². The molecular formula is C15H20N2O. The van der Waals surface area contributed by atoms with Crippen LogP contribution in [0.25, 0.3) is 0 Å². The fourth-order valence-electron chi connectivity index (χ4n) is 2.54. The Morgan fingerprint density at radius 2 is 2.33 bits per heavy atom. The van der Waals surface area contributed by atoms with Crippen molar-refractivity contribution in [1.82, 2.24) is 10.3 Å². The summed E-state index contributed by atoms with van der Waals surface area (Å²) in [5.74, 6) is 2.66. The van der Waals surface area contributed by atoms with E-state index in [2.05, 4.69) is 16.2 Å². The molecule has 3 nitrogen and oxygen atoms in total. The van der Waals surface area contributed by atoms with E-state index in [1.165, 1.54) is 5.56 Å². The summed E-state index contributed by atoms with van der Waals surface area (Å²) >= 11 is 0. The number of H-pyrrole nitrogens is 1. The molecule has 0 aromatic carbocycles. The highest BCUT2D eigenvalue weighted by molar-refractivity contribution is 5.26. The average Bonchev–Trinajstić information content (AvgIpc) is 2.38. The van der Waals surface area contributed by atoms with Crippen LogP contribution in [0.5, 0.6) is 0 Å². The summed E-state index contributed by atoms with van der Waals surface area (Å²) in [5.41, 5.74) is 2.37. The molecule has 1 aromatic heterocycles. The smallest absolute Gasteiger partial charge is 0.248 e. The lowest BCUT2D eigenvalue weighted by Crippen LogP contribution is -2.28. The van der Waals surface area contributed by atoms with Crippen LogP contribution >= 0.6 is 0 Å². The highest BCUT2D eigenvalue weighted by Crippen LogP contribution is 2.27. The second-order valence-corrected chi connectivity index (χ2v) is 4.82. The van der Waals surface area contributed by atoms with Crippen molar-refractivity contribution in [2.24, 2.45) is 0 Å². The summed E-state index contributed by atoms with van der Waals surface area (Å²) in [6.45, 7) is 0.991. The van der Waals surface area contributed by atoms with E-state index in [4.69, 9.17) is 6.42 Å². The van der Waals surface area contributed by atoms with Gasteiger partial charge in [-0.2, -0.15) is 0 Å². The lowest BCUT2D eigenvalue weighted by atomic mass is 9.91. The van der Waals surface area contributed by atoms with Gasteiger partial charge in [0.15, 0.2) is 0 Å². The van der Waals surface area contributed by atoms with Gasteiger partial charge in [0.1, 0.15) is 0 Å². The normalized spacial score (nSPS) is 18.1. The highest BCUT2D eigenvalue weighted by atomic mass is 16.1. The van der Waals surface area contributed by atoms with Crippen LogP contribution in [0.1, 0.15) is 49.4 Å². The lowest BCUT2D eigenvalue weighted by Gasteiger charge is -2.26. The van der Waals surface area contributed by atoms with Crippen LogP contribution in [-0.2, 0) is 6.42 Å². The first-order valence-electron chi connectivity index (χ1n) is 6.70. The molecule has 1 aliphatic rings. The topological polar surface area (TPSA) is 44.9 Å². The number of rotatable bonds is 5. The predicted octanol–water partition coefficient (Wildman–Crippen LogP) is 2.15. The van der Waals surface area contributed by atoms with E-state index in [0.29, 0.717) is 6.04 Å². The zero-order chi connectivity index (χ0) is 12.8. The summed E-state index contributed by atoms with van der Waals surface area (Å²) in [6.07, 6.45) is 11.5. The van der Waals surface area contributed by atoms with E-state index < -0.39 is 0 Å². The maximum absolute atomic E-state index is 11.3. The predicted molar refractivity (Wildman–Crippen MR) is 73.4 cm³/mol. The number of fused-ring (bicyclic) bond motifs is 1. The molecule has 0 radical (unpaired) electrons. The molecule has 3 heteroatoms. The first-order valence-corrected chi connectivity index (χ1v) is 6.70. The van der Waals surface area contributed by atoms with Gasteiger partial charge in [-0.05, 0) is 44.2 Å². The number of hydrogen-bond donors (Lipinski definition) is 2. The summed E-state index contributed by atoms with van der Waals surface area (Å²) in [5, 5.41) is 3.57. The van der Waals surface area contributed by atoms with Crippen molar-refractivity contribution >= 4 is 0 Å². The maximum atomic E-state index is 11.3. The zero-order valence-corrected chi connectivity index (χ0v) is 10.7. The number of nitrogens with one attached hydrogen (secondary N) is 2. The van der Waals surface area contributed by atoms with Crippen molar-refractivity contribution < 1.29 is 0 Å². The first kappa shape index (κ1) is 12.9. The Bertz CT molecular complexity index is 484. The Morgan fingerprint density at radius 3 is 3.17 bits per heavy atom. The Balaban J connectivity index is 1.92. The standard InChI is InChI=1S/C15H20N2O/c1-2-3-4-5-11-16-13-7-6-8-14-12(13)9-10-15(18)17-14/h1,9-10,13,16H,3-8,11H2,(H,17,18). The van der Waals surface area contributed by atoms with Crippen LogP contribution in [-0.4, -0.2) is 11.5 Å². The molecule has 96 valence electrons. The lowest BCUT2D eigenvalue weighted by molar-refractivity contribution is 0.448. The van der Waals surface area contributed by atoms with Crippen LogP contribution < -0.4 is 10.9 Å². The van der Waals surface area contributed by atoms with E-state index in [-0.39, 0.29) is 5.56 Å². The van der Waals surface area contributed by atoms with Gasteiger partial charge >= 0.3 is 0 Å². The largest absolute Gasteiger partial charge is 0.326 e. The van der Waals surface area contributed by atoms with Gasteiger partial charge in [0, 0.05) is 24.2 Å². The highest BCUT2D eigenvalue weighted by Gasteiger charge is 2.19. The van der Waals surface area contributed by atoms with Crippen LogP contribution in [0, 0.1) is 12.3 Å². The third-order valence-electron chi connectivity index (χ3n) is 3.47. The first-order chi connectivity index (χ1) is 8.81. The molecule has 2 N–H and O–H groups in total. The average molecular weight is 244 g/mol. The van der Waals surface area contributed by atoms with Crippen molar-refractivity contribution in [3.63, 3.8) is 0 Å². The van der Waals surface area contributed by atoms with Gasteiger partial charge in [0.25, 0.3) is 0 Å². The van der Waals surface area contributed by atoms with Crippen molar-refractivity contribution in [3.05, 3.63) is 33.7 Å². The van der Waals surface area contributed by atoms with Gasteiger partial charge in [-0.3, -0.25) is 4.79 Å². The molecule has 1 aromatic rings. The minimum Gasteiger partial charge on any atom is -0.326 e. The Kier molecular flexibility index (Phi) is 4.60. The number of pyridine rings is 1. The second-order valence-electron chi connectivity index (χ2n) is 4.82. The second kappa shape index (κ2) is 6.42. The molecule has 1 atom stereocenters. The Morgan fingerprint density at radius 1 is 1.44 bits per heavy atom. The third kappa shape index (κ3) is 3.24. The number of aromatic nitrogens is 1. The van der Waals surface area contributed by atoms with Crippen molar-refractivity contribution in [1.29, 1.82) is 0 Å². The van der Waals surface area contributed by atoms with Gasteiger partial charge in [-0.15, -0.1) is 12.3 Å². The van der Waals surface area contributed by atoms with E-state index >= 15 is 0 Å². The number of aryl methyl sites for hydroxylation is 1. The Hall–Kier alpha value is -1.53. The van der Waals surface area contributed by atoms with E-state index in [0.717, 1.165) is 50.8 Å². The third-order valence-corrected chi connectivity index (χ3v) is 3.47. The Labute approximate surface area is 108 Å². The van der Waals surface area contributed by atoms with Gasteiger partial charge in [-0.1, -0.05) is 6.07 Å². The summed E-state index contributed by atoms with van der Waals surface area (Å²) in [7, 11) is 0. The fraction of sp³-hybridized carbons (Fsp3) is 0.533. The van der Waals surface area contributed by atoms with Crippen LogP contribution in [0.2, 0.25) is 0 Å². The van der Waals surface area contributed by atoms with Gasteiger partial charge in [0.05, 0.1) is 0 Å². The number of aromatic amines is 1. The minimum absolute atomic E-state index is 0.00317. The fourth-order valence-corrected chi connectivity index (χ4v) is 2.54. The van der Waals surface area contributed by atoms with Crippen molar-refractivity contribution in [2.45, 2.75) is 44.6 Å². The molecule has 0 saturated heterocycles. The molecule has 18 heavy (non-hydrogen) atoms. The van der Waals surface area contributed by atoms with Gasteiger partial charge in [-0.25, -0.2) is 0 Å². The van der Waals surface area contributed by atoms with E-state index in [1.54, 1.807) is 6.07 Å². The van der Waals surface area contributed by atoms with E-state index in [1.807, 2.05) is 6.07 Å². The number of unbranched alkanes of at least 4 members (excludes halogenated alkanes) is 2. The number of terminal acetylenes is 1. The monoisotopic (exact) mass is 244 g/mol.